The number of methoxy groups -OCH3 is 1. The number of thiazole rings is 1. The first kappa shape index (κ1) is 19.5. The number of ether oxygens (including phenoxy) is 2. The average Bonchev–Trinajstić information content (AvgIpc) is 2.91. The van der Waals surface area contributed by atoms with E-state index in [1.807, 2.05) is 26.8 Å². The molecule has 0 bridgehead atoms. The third-order valence-corrected chi connectivity index (χ3v) is 4.42. The van der Waals surface area contributed by atoms with Gasteiger partial charge in [-0.25, -0.2) is 0 Å². The number of rotatable bonds is 5. The van der Waals surface area contributed by atoms with Crippen molar-refractivity contribution in [2.45, 2.75) is 20.8 Å². The number of ketones is 1. The van der Waals surface area contributed by atoms with E-state index in [2.05, 4.69) is 4.98 Å². The van der Waals surface area contributed by atoms with Crippen molar-refractivity contribution in [2.24, 2.45) is 5.41 Å². The summed E-state index contributed by atoms with van der Waals surface area (Å²) < 4.78 is 11.5. The Hall–Kier alpha value is -2.85. The van der Waals surface area contributed by atoms with Crippen molar-refractivity contribution >= 4 is 29.3 Å². The quantitative estimate of drug-likeness (QED) is 0.860. The van der Waals surface area contributed by atoms with Gasteiger partial charge < -0.3 is 14.5 Å². The normalized spacial score (nSPS) is 12.7. The molecule has 0 spiro atoms. The van der Waals surface area contributed by atoms with E-state index in [9.17, 15) is 9.59 Å². The fourth-order valence-corrected chi connectivity index (χ4v) is 2.90. The predicted molar refractivity (Wildman–Crippen MR) is 101 cm³/mol. The molecule has 0 fully saturated rings. The largest absolute Gasteiger partial charge is 0.493 e. The summed E-state index contributed by atoms with van der Waals surface area (Å²) in [7, 11) is 1.50. The van der Waals surface area contributed by atoms with E-state index in [0.717, 1.165) is 5.56 Å². The summed E-state index contributed by atoms with van der Waals surface area (Å²) in [5, 5.41) is 8.60. The highest BCUT2D eigenvalue weighted by molar-refractivity contribution is 7.07. The molecule has 0 aliphatic carbocycles. The highest BCUT2D eigenvalue weighted by Gasteiger charge is 2.18. The number of hydrogen-bond donors (Lipinski definition) is 1. The zero-order valence-electron chi connectivity index (χ0n) is 15.1. The topological polar surface area (TPSA) is 92.2 Å². The van der Waals surface area contributed by atoms with Gasteiger partial charge in [0.1, 0.15) is 6.07 Å². The lowest BCUT2D eigenvalue weighted by atomic mass is 9.91. The Balaban J connectivity index is 2.42. The maximum atomic E-state index is 12.1. The summed E-state index contributed by atoms with van der Waals surface area (Å²) >= 11 is 1.22. The zero-order chi connectivity index (χ0) is 19.3. The monoisotopic (exact) mass is 372 g/mol. The predicted octanol–water partition coefficient (Wildman–Crippen LogP) is 1.57. The van der Waals surface area contributed by atoms with Gasteiger partial charge in [-0.3, -0.25) is 9.59 Å². The number of carbonyl (C=O) groups excluding carboxylic acids is 1. The van der Waals surface area contributed by atoms with Gasteiger partial charge in [-0.15, -0.1) is 11.3 Å². The molecule has 0 aliphatic heterocycles. The van der Waals surface area contributed by atoms with Crippen molar-refractivity contribution in [2.75, 3.05) is 13.7 Å². The Morgan fingerprint density at radius 3 is 2.69 bits per heavy atom. The Bertz CT molecular complexity index is 1020. The Kier molecular flexibility index (Phi) is 6.01. The van der Waals surface area contributed by atoms with Gasteiger partial charge in [0, 0.05) is 11.5 Å². The van der Waals surface area contributed by atoms with Crippen LogP contribution >= 0.6 is 11.3 Å². The molecule has 0 saturated heterocycles. The highest BCUT2D eigenvalue weighted by Crippen LogP contribution is 2.28. The molecule has 0 amide bonds. The molecule has 0 saturated carbocycles. The first-order valence-corrected chi connectivity index (χ1v) is 8.71. The van der Waals surface area contributed by atoms with Crippen molar-refractivity contribution in [3.05, 3.63) is 43.3 Å². The van der Waals surface area contributed by atoms with Gasteiger partial charge in [-0.05, 0) is 23.8 Å². The lowest BCUT2D eigenvalue weighted by Gasteiger charge is -2.12. The van der Waals surface area contributed by atoms with Gasteiger partial charge in [0.05, 0.1) is 16.3 Å². The molecule has 1 aromatic heterocycles. The molecule has 136 valence electrons. The summed E-state index contributed by atoms with van der Waals surface area (Å²) in [4.78, 5) is 26.9. The lowest BCUT2D eigenvalue weighted by molar-refractivity contribution is -0.119. The number of hydrogen-bond acceptors (Lipinski definition) is 6. The molecule has 1 aromatic carbocycles. The van der Waals surface area contributed by atoms with Gasteiger partial charge in [-0.2, -0.15) is 5.26 Å². The van der Waals surface area contributed by atoms with Crippen LogP contribution in [0.25, 0.3) is 12.2 Å². The van der Waals surface area contributed by atoms with Crippen LogP contribution in [0.15, 0.2) is 23.0 Å². The van der Waals surface area contributed by atoms with Gasteiger partial charge in [0.15, 0.2) is 23.9 Å². The van der Waals surface area contributed by atoms with Gasteiger partial charge in [-0.1, -0.05) is 26.8 Å². The number of nitriles is 1. The molecule has 2 aromatic rings. The number of aromatic nitrogens is 1. The van der Waals surface area contributed by atoms with Crippen molar-refractivity contribution in [3.8, 4) is 17.6 Å². The maximum Gasteiger partial charge on any atom is 0.266 e. The van der Waals surface area contributed by atoms with Crippen LogP contribution in [0, 0.1) is 16.7 Å². The van der Waals surface area contributed by atoms with E-state index in [1.54, 1.807) is 24.3 Å². The van der Waals surface area contributed by atoms with E-state index < -0.39 is 5.41 Å². The second-order valence-corrected chi connectivity index (χ2v) is 7.63. The SMILES string of the molecule is COc1cc(/C=c2\s/c(=C\C(=O)C(C)(C)C)[nH]c2=O)ccc1OCC#N. The van der Waals surface area contributed by atoms with Crippen LogP contribution in [0.3, 0.4) is 0 Å². The molecule has 2 rings (SSSR count). The van der Waals surface area contributed by atoms with E-state index in [-0.39, 0.29) is 17.9 Å². The first-order valence-electron chi connectivity index (χ1n) is 7.89. The van der Waals surface area contributed by atoms with E-state index in [1.165, 1.54) is 24.5 Å². The summed E-state index contributed by atoms with van der Waals surface area (Å²) in [5.74, 6) is 0.870. The van der Waals surface area contributed by atoms with Crippen molar-refractivity contribution in [1.82, 2.24) is 4.98 Å². The van der Waals surface area contributed by atoms with E-state index >= 15 is 0 Å². The van der Waals surface area contributed by atoms with Gasteiger partial charge in [0.25, 0.3) is 5.56 Å². The van der Waals surface area contributed by atoms with E-state index in [4.69, 9.17) is 14.7 Å². The van der Waals surface area contributed by atoms with Gasteiger partial charge in [0.2, 0.25) is 0 Å². The number of benzene rings is 1. The third-order valence-electron chi connectivity index (χ3n) is 3.46. The number of aromatic amines is 1. The molecule has 0 radical (unpaired) electrons. The smallest absolute Gasteiger partial charge is 0.266 e. The molecule has 0 atom stereocenters. The van der Waals surface area contributed by atoms with Crippen LogP contribution in [-0.2, 0) is 4.79 Å². The molecule has 1 N–H and O–H groups in total. The molecule has 0 unspecified atom stereocenters. The second kappa shape index (κ2) is 8.02. The Morgan fingerprint density at radius 1 is 1.35 bits per heavy atom. The highest BCUT2D eigenvalue weighted by atomic mass is 32.1. The molecule has 1 heterocycles. The minimum atomic E-state index is -0.503. The molecular weight excluding hydrogens is 352 g/mol. The number of Topliss-reactive ketones (excluding diaryl/α,β-unsaturated/α-hetero) is 1. The fraction of sp³-hybridized carbons (Fsp3) is 0.316. The van der Waals surface area contributed by atoms with Gasteiger partial charge >= 0.3 is 0 Å². The maximum absolute atomic E-state index is 12.1. The van der Waals surface area contributed by atoms with Crippen LogP contribution in [0.2, 0.25) is 0 Å². The summed E-state index contributed by atoms with van der Waals surface area (Å²) in [6.45, 7) is 5.40. The number of carbonyl (C=O) groups is 1. The number of H-pyrrole nitrogens is 1. The molecule has 7 heteroatoms. The molecule has 0 aliphatic rings. The minimum absolute atomic E-state index is 0.0535. The second-order valence-electron chi connectivity index (χ2n) is 6.54. The summed E-state index contributed by atoms with van der Waals surface area (Å²) in [6, 6.07) is 7.06. The number of nitrogens with zero attached hydrogens (tertiary/aromatic N) is 1. The van der Waals surface area contributed by atoms with Crippen LogP contribution in [0.5, 0.6) is 11.5 Å². The average molecular weight is 372 g/mol. The van der Waals surface area contributed by atoms with Crippen molar-refractivity contribution in [3.63, 3.8) is 0 Å². The molecule has 6 nitrogen and oxygen atoms in total. The van der Waals surface area contributed by atoms with Crippen molar-refractivity contribution < 1.29 is 14.3 Å². The van der Waals surface area contributed by atoms with Crippen LogP contribution in [0.4, 0.5) is 0 Å². The lowest BCUT2D eigenvalue weighted by Crippen LogP contribution is -2.22. The van der Waals surface area contributed by atoms with E-state index in [0.29, 0.717) is 20.7 Å². The Labute approximate surface area is 155 Å². The standard InChI is InChI=1S/C19H20N2O4S/c1-19(2,3)16(22)11-17-21-18(23)15(26-17)10-12-5-6-13(25-8-7-20)14(9-12)24-4/h5-6,9-11H,8H2,1-4H3,(H,21,23)/b15-10-,17-11-. The fourth-order valence-electron chi connectivity index (χ4n) is 2.01. The van der Waals surface area contributed by atoms with Crippen LogP contribution < -0.4 is 24.2 Å². The molecule has 26 heavy (non-hydrogen) atoms. The Morgan fingerprint density at radius 2 is 2.08 bits per heavy atom. The van der Waals surface area contributed by atoms with Crippen LogP contribution in [-0.4, -0.2) is 24.5 Å². The van der Waals surface area contributed by atoms with Crippen molar-refractivity contribution in [1.29, 1.82) is 5.26 Å². The van der Waals surface area contributed by atoms with Crippen LogP contribution in [0.1, 0.15) is 26.3 Å². The molecular formula is C19H20N2O4S. The zero-order valence-corrected chi connectivity index (χ0v) is 15.9. The summed E-state index contributed by atoms with van der Waals surface area (Å²) in [5.41, 5.74) is -0.0175. The third kappa shape index (κ3) is 4.83. The number of nitrogens with one attached hydrogen (secondary N) is 1. The minimum Gasteiger partial charge on any atom is -0.493 e. The summed E-state index contributed by atoms with van der Waals surface area (Å²) in [6.07, 6.45) is 3.17. The first-order chi connectivity index (χ1) is 12.2.